The van der Waals surface area contributed by atoms with Gasteiger partial charge in [-0.2, -0.15) is 0 Å². The minimum absolute atomic E-state index is 0.242. The number of amides is 1. The number of imidazole rings is 1. The summed E-state index contributed by atoms with van der Waals surface area (Å²) in [5.41, 5.74) is 1.76. The molecule has 27 heavy (non-hydrogen) atoms. The number of para-hydroxylation sites is 2. The number of fused-ring (bicyclic) bond motifs is 2. The Hall–Kier alpha value is -3.68. The molecule has 136 valence electrons. The van der Waals surface area contributed by atoms with Gasteiger partial charge in [0.1, 0.15) is 5.82 Å². The molecule has 2 aromatic heterocycles. The molecular weight excluding hydrogens is 346 g/mol. The van der Waals surface area contributed by atoms with E-state index in [9.17, 15) is 14.4 Å². The van der Waals surface area contributed by atoms with Crippen LogP contribution in [0.5, 0.6) is 0 Å². The van der Waals surface area contributed by atoms with Crippen molar-refractivity contribution in [2.24, 2.45) is 0 Å². The van der Waals surface area contributed by atoms with Gasteiger partial charge in [-0.1, -0.05) is 12.1 Å². The Morgan fingerprint density at radius 3 is 2.52 bits per heavy atom. The Balaban J connectivity index is 1.37. The Morgan fingerprint density at radius 1 is 0.926 bits per heavy atom. The van der Waals surface area contributed by atoms with Crippen LogP contribution in [0.2, 0.25) is 0 Å². The summed E-state index contributed by atoms with van der Waals surface area (Å²) in [6.07, 6.45) is 1.46. The van der Waals surface area contributed by atoms with E-state index < -0.39 is 11.1 Å². The van der Waals surface area contributed by atoms with Crippen LogP contribution in [0.25, 0.3) is 22.1 Å². The van der Waals surface area contributed by atoms with Gasteiger partial charge < -0.3 is 20.3 Å². The zero-order chi connectivity index (χ0) is 18.8. The van der Waals surface area contributed by atoms with E-state index in [0.717, 1.165) is 29.7 Å². The van der Waals surface area contributed by atoms with Crippen LogP contribution >= 0.6 is 0 Å². The maximum atomic E-state index is 12.3. The van der Waals surface area contributed by atoms with Crippen molar-refractivity contribution in [2.75, 3.05) is 6.54 Å². The van der Waals surface area contributed by atoms with Gasteiger partial charge in [0.25, 0.3) is 5.91 Å². The molecule has 0 bridgehead atoms. The van der Waals surface area contributed by atoms with Gasteiger partial charge in [0.05, 0.1) is 22.1 Å². The molecule has 0 aliphatic carbocycles. The molecule has 0 atom stereocenters. The Bertz CT molecular complexity index is 1220. The molecule has 0 saturated carbocycles. The summed E-state index contributed by atoms with van der Waals surface area (Å²) in [6.45, 7) is 0.496. The first-order valence-electron chi connectivity index (χ1n) is 8.58. The van der Waals surface area contributed by atoms with Gasteiger partial charge >= 0.3 is 11.1 Å². The molecule has 4 aromatic rings. The lowest BCUT2D eigenvalue weighted by atomic mass is 10.1. The number of carbonyl (C=O) groups is 1. The van der Waals surface area contributed by atoms with Crippen LogP contribution in [0.4, 0.5) is 0 Å². The van der Waals surface area contributed by atoms with Gasteiger partial charge in [0.2, 0.25) is 0 Å². The van der Waals surface area contributed by atoms with Crippen molar-refractivity contribution in [2.45, 2.75) is 12.8 Å². The van der Waals surface area contributed by atoms with E-state index in [0.29, 0.717) is 23.1 Å². The van der Waals surface area contributed by atoms with Crippen LogP contribution in [0.3, 0.4) is 0 Å². The van der Waals surface area contributed by atoms with Crippen molar-refractivity contribution >= 4 is 28.0 Å². The van der Waals surface area contributed by atoms with Crippen molar-refractivity contribution in [3.05, 3.63) is 74.6 Å². The minimum Gasteiger partial charge on any atom is -0.352 e. The summed E-state index contributed by atoms with van der Waals surface area (Å²) >= 11 is 0. The van der Waals surface area contributed by atoms with E-state index in [-0.39, 0.29) is 5.91 Å². The summed E-state index contributed by atoms with van der Waals surface area (Å²) < 4.78 is 0. The zero-order valence-corrected chi connectivity index (χ0v) is 14.3. The maximum absolute atomic E-state index is 12.3. The monoisotopic (exact) mass is 363 g/mol. The van der Waals surface area contributed by atoms with Gasteiger partial charge in [0.15, 0.2) is 0 Å². The third kappa shape index (κ3) is 3.50. The van der Waals surface area contributed by atoms with E-state index in [1.165, 1.54) is 0 Å². The predicted molar refractivity (Wildman–Crippen MR) is 102 cm³/mol. The molecular formula is C19H17N5O3. The lowest BCUT2D eigenvalue weighted by Crippen LogP contribution is -2.29. The third-order valence-electron chi connectivity index (χ3n) is 4.30. The average Bonchev–Trinajstić information content (AvgIpc) is 3.08. The van der Waals surface area contributed by atoms with Gasteiger partial charge in [-0.05, 0) is 36.8 Å². The van der Waals surface area contributed by atoms with Crippen LogP contribution in [0, 0.1) is 0 Å². The second-order valence-corrected chi connectivity index (χ2v) is 6.23. The van der Waals surface area contributed by atoms with Gasteiger partial charge in [-0.25, -0.2) is 4.98 Å². The summed E-state index contributed by atoms with van der Waals surface area (Å²) in [4.78, 5) is 47.7. The first-order chi connectivity index (χ1) is 13.1. The molecule has 0 unspecified atom stereocenters. The van der Waals surface area contributed by atoms with E-state index in [1.807, 2.05) is 24.3 Å². The molecule has 0 radical (unpaired) electrons. The zero-order valence-electron chi connectivity index (χ0n) is 14.3. The highest BCUT2D eigenvalue weighted by Crippen LogP contribution is 2.11. The normalized spacial score (nSPS) is 11.1. The van der Waals surface area contributed by atoms with Crippen molar-refractivity contribution in [1.82, 2.24) is 25.3 Å². The smallest absolute Gasteiger partial charge is 0.314 e. The fourth-order valence-electron chi connectivity index (χ4n) is 2.94. The van der Waals surface area contributed by atoms with Crippen molar-refractivity contribution in [3.8, 4) is 0 Å². The molecule has 0 spiro atoms. The minimum atomic E-state index is -0.745. The van der Waals surface area contributed by atoms with Gasteiger partial charge in [-0.15, -0.1) is 0 Å². The summed E-state index contributed by atoms with van der Waals surface area (Å²) in [6, 6.07) is 12.6. The number of aromatic amines is 3. The molecule has 8 heteroatoms. The Labute approximate surface area is 152 Å². The maximum Gasteiger partial charge on any atom is 0.314 e. The largest absolute Gasteiger partial charge is 0.352 e. The number of aryl methyl sites for hydroxylation is 1. The number of H-pyrrole nitrogens is 3. The standard InChI is InChI=1S/C19H17N5O3/c25-17(11-7-8-14-15(10-11)24-19(27)18(26)23-14)20-9-3-6-16-21-12-4-1-2-5-13(12)22-16/h1-2,4-5,7-8,10H,3,6,9H2,(H,20,25)(H,21,22)(H,23,26)(H,24,27). The lowest BCUT2D eigenvalue weighted by Gasteiger charge is -2.05. The SMILES string of the molecule is O=C(NCCCc1nc2ccccc2[nH]1)c1ccc2[nH]c(=O)c(=O)[nH]c2c1. The highest BCUT2D eigenvalue weighted by atomic mass is 16.2. The van der Waals surface area contributed by atoms with Crippen LogP contribution in [-0.4, -0.2) is 32.4 Å². The highest BCUT2D eigenvalue weighted by Gasteiger charge is 2.08. The molecule has 2 aromatic carbocycles. The molecule has 0 fully saturated rings. The molecule has 0 saturated heterocycles. The van der Waals surface area contributed by atoms with Crippen LogP contribution in [0.15, 0.2) is 52.1 Å². The van der Waals surface area contributed by atoms with Crippen LogP contribution in [-0.2, 0) is 6.42 Å². The number of hydrogen-bond acceptors (Lipinski definition) is 4. The summed E-state index contributed by atoms with van der Waals surface area (Å²) in [5, 5.41) is 2.85. The van der Waals surface area contributed by atoms with Crippen LogP contribution < -0.4 is 16.4 Å². The first kappa shape index (κ1) is 16.8. The van der Waals surface area contributed by atoms with Crippen molar-refractivity contribution in [3.63, 3.8) is 0 Å². The average molecular weight is 363 g/mol. The quantitative estimate of drug-likeness (QED) is 0.316. The lowest BCUT2D eigenvalue weighted by molar-refractivity contribution is 0.0953. The molecule has 1 amide bonds. The molecule has 8 nitrogen and oxygen atoms in total. The number of nitrogens with one attached hydrogen (secondary N) is 4. The van der Waals surface area contributed by atoms with Crippen molar-refractivity contribution < 1.29 is 4.79 Å². The van der Waals surface area contributed by atoms with Crippen molar-refractivity contribution in [1.29, 1.82) is 0 Å². The Morgan fingerprint density at radius 2 is 1.70 bits per heavy atom. The molecule has 4 N–H and O–H groups in total. The van der Waals surface area contributed by atoms with Gasteiger partial charge in [0, 0.05) is 18.5 Å². The number of nitrogens with zero attached hydrogens (tertiary/aromatic N) is 1. The number of benzene rings is 2. The number of aromatic nitrogens is 4. The fraction of sp³-hybridized carbons (Fsp3) is 0.158. The number of rotatable bonds is 5. The second-order valence-electron chi connectivity index (χ2n) is 6.23. The Kier molecular flexibility index (Phi) is 4.29. The predicted octanol–water partition coefficient (Wildman–Crippen LogP) is 1.46. The second kappa shape index (κ2) is 6.91. The first-order valence-corrected chi connectivity index (χ1v) is 8.58. The number of carbonyl (C=O) groups excluding carboxylic acids is 1. The topological polar surface area (TPSA) is 123 Å². The van der Waals surface area contributed by atoms with Crippen LogP contribution in [0.1, 0.15) is 22.6 Å². The molecule has 4 rings (SSSR count). The molecule has 0 aliphatic heterocycles. The third-order valence-corrected chi connectivity index (χ3v) is 4.30. The van der Waals surface area contributed by atoms with Gasteiger partial charge in [-0.3, -0.25) is 14.4 Å². The highest BCUT2D eigenvalue weighted by molar-refractivity contribution is 5.97. The van der Waals surface area contributed by atoms with E-state index in [1.54, 1.807) is 18.2 Å². The fourth-order valence-corrected chi connectivity index (χ4v) is 2.94. The molecule has 0 aliphatic rings. The summed E-state index contributed by atoms with van der Waals surface area (Å²) in [5.74, 6) is 0.645. The summed E-state index contributed by atoms with van der Waals surface area (Å²) in [7, 11) is 0. The van der Waals surface area contributed by atoms with E-state index in [4.69, 9.17) is 0 Å². The van der Waals surface area contributed by atoms with E-state index >= 15 is 0 Å². The number of hydrogen-bond donors (Lipinski definition) is 4. The van der Waals surface area contributed by atoms with E-state index in [2.05, 4.69) is 25.3 Å². The molecule has 2 heterocycles.